The Morgan fingerprint density at radius 1 is 1.09 bits per heavy atom. The Hall–Kier alpha value is -3.24. The summed E-state index contributed by atoms with van der Waals surface area (Å²) < 4.78 is 0. The normalized spacial score (nSPS) is 16.7. The highest BCUT2D eigenvalue weighted by Gasteiger charge is 2.41. The van der Waals surface area contributed by atoms with E-state index in [-0.39, 0.29) is 11.5 Å². The molecule has 8 heteroatoms. The Bertz CT molecular complexity index is 1380. The zero-order chi connectivity index (χ0) is 25.1. The van der Waals surface area contributed by atoms with Gasteiger partial charge in [0.2, 0.25) is 5.91 Å². The van der Waals surface area contributed by atoms with E-state index >= 15 is 0 Å². The molecule has 0 spiro atoms. The Balaban J connectivity index is 1.75. The van der Waals surface area contributed by atoms with E-state index in [4.69, 9.17) is 23.2 Å². The van der Waals surface area contributed by atoms with Crippen LogP contribution >= 0.6 is 35.0 Å². The van der Waals surface area contributed by atoms with E-state index in [0.717, 1.165) is 16.7 Å². The van der Waals surface area contributed by atoms with Crippen LogP contribution < -0.4 is 10.2 Å². The van der Waals surface area contributed by atoms with Crippen molar-refractivity contribution in [1.82, 2.24) is 0 Å². The van der Waals surface area contributed by atoms with Gasteiger partial charge in [-0.2, -0.15) is 5.26 Å². The fraction of sp³-hybridized carbons (Fsp3) is 0.148. The lowest BCUT2D eigenvalue weighted by atomic mass is 10.1. The number of anilines is 2. The summed E-state index contributed by atoms with van der Waals surface area (Å²) in [5.74, 6) is -0.807. The van der Waals surface area contributed by atoms with E-state index in [0.29, 0.717) is 32.9 Å². The first kappa shape index (κ1) is 24.9. The number of rotatable bonds is 5. The van der Waals surface area contributed by atoms with Crippen LogP contribution in [0.4, 0.5) is 11.4 Å². The van der Waals surface area contributed by atoms with E-state index in [9.17, 15) is 14.9 Å². The average Bonchev–Trinajstić information content (AvgIpc) is 3.14. The number of thioether (sulfide) groups is 1. The van der Waals surface area contributed by atoms with Crippen molar-refractivity contribution in [3.8, 4) is 6.07 Å². The minimum atomic E-state index is -0.587. The fourth-order valence-electron chi connectivity index (χ4n) is 3.75. The Morgan fingerprint density at radius 3 is 2.49 bits per heavy atom. The summed E-state index contributed by atoms with van der Waals surface area (Å²) in [5, 5.41) is 13.5. The van der Waals surface area contributed by atoms with Gasteiger partial charge in [-0.15, -0.1) is 0 Å². The SMILES string of the molecule is Cc1ccc(NC(=O)/C(C#N)=C2\S[C@H](Cc3cc(Cl)ccc3Cl)C(=O)N2c2ccccc2C)cc1. The van der Waals surface area contributed by atoms with E-state index in [1.807, 2.05) is 50.2 Å². The first-order valence-corrected chi connectivity index (χ1v) is 12.4. The number of carbonyl (C=O) groups excluding carboxylic acids is 2. The Morgan fingerprint density at radius 2 is 1.80 bits per heavy atom. The topological polar surface area (TPSA) is 73.2 Å². The summed E-state index contributed by atoms with van der Waals surface area (Å²) >= 11 is 13.7. The van der Waals surface area contributed by atoms with Gasteiger partial charge >= 0.3 is 0 Å². The van der Waals surface area contributed by atoms with Gasteiger partial charge in [0, 0.05) is 15.7 Å². The molecule has 1 fully saturated rings. The summed E-state index contributed by atoms with van der Waals surface area (Å²) in [4.78, 5) is 28.3. The Labute approximate surface area is 218 Å². The van der Waals surface area contributed by atoms with Gasteiger partial charge in [0.1, 0.15) is 16.7 Å². The second-order valence-electron chi connectivity index (χ2n) is 8.12. The van der Waals surface area contributed by atoms with Crippen molar-refractivity contribution in [3.63, 3.8) is 0 Å². The monoisotopic (exact) mass is 521 g/mol. The third kappa shape index (κ3) is 5.38. The molecule has 3 aromatic carbocycles. The van der Waals surface area contributed by atoms with Gasteiger partial charge in [-0.05, 0) is 67.8 Å². The molecule has 5 nitrogen and oxygen atoms in total. The number of hydrogen-bond donors (Lipinski definition) is 1. The van der Waals surface area contributed by atoms with Gasteiger partial charge in [-0.1, -0.05) is 70.9 Å². The number of aryl methyl sites for hydroxylation is 2. The number of para-hydroxylation sites is 1. The number of nitrogens with one attached hydrogen (secondary N) is 1. The highest BCUT2D eigenvalue weighted by atomic mass is 35.5. The van der Waals surface area contributed by atoms with Gasteiger partial charge in [-0.3, -0.25) is 14.5 Å². The molecule has 1 N–H and O–H groups in total. The molecule has 0 aromatic heterocycles. The van der Waals surface area contributed by atoms with Gasteiger partial charge in [0.05, 0.1) is 10.9 Å². The van der Waals surface area contributed by atoms with Gasteiger partial charge in [-0.25, -0.2) is 0 Å². The minimum absolute atomic E-state index is 0.133. The Kier molecular flexibility index (Phi) is 7.51. The number of halogens is 2. The highest BCUT2D eigenvalue weighted by Crippen LogP contribution is 2.43. The van der Waals surface area contributed by atoms with Crippen molar-refractivity contribution in [2.24, 2.45) is 0 Å². The molecular formula is C27H21Cl2N3O2S. The maximum Gasteiger partial charge on any atom is 0.269 e. The lowest BCUT2D eigenvalue weighted by Gasteiger charge is -2.20. The van der Waals surface area contributed by atoms with Crippen LogP contribution in [0, 0.1) is 25.2 Å². The summed E-state index contributed by atoms with van der Waals surface area (Å²) in [6.07, 6.45) is 0.299. The average molecular weight is 522 g/mol. The molecule has 1 heterocycles. The molecule has 1 atom stereocenters. The largest absolute Gasteiger partial charge is 0.321 e. The van der Waals surface area contributed by atoms with Crippen LogP contribution in [0.15, 0.2) is 77.3 Å². The first-order chi connectivity index (χ1) is 16.8. The highest BCUT2D eigenvalue weighted by molar-refractivity contribution is 8.05. The molecule has 1 aliphatic rings. The molecule has 0 radical (unpaired) electrons. The van der Waals surface area contributed by atoms with Crippen molar-refractivity contribution >= 4 is 58.2 Å². The predicted octanol–water partition coefficient (Wildman–Crippen LogP) is 6.68. The molecule has 2 amide bonds. The lowest BCUT2D eigenvalue weighted by molar-refractivity contribution is -0.117. The van der Waals surface area contributed by atoms with Crippen molar-refractivity contribution in [1.29, 1.82) is 5.26 Å². The van der Waals surface area contributed by atoms with Crippen LogP contribution in [0.3, 0.4) is 0 Å². The molecule has 0 bridgehead atoms. The van der Waals surface area contributed by atoms with Crippen LogP contribution in [0.5, 0.6) is 0 Å². The van der Waals surface area contributed by atoms with Crippen LogP contribution in [0.25, 0.3) is 0 Å². The van der Waals surface area contributed by atoms with Gasteiger partial charge in [0.15, 0.2) is 0 Å². The molecule has 0 unspecified atom stereocenters. The van der Waals surface area contributed by atoms with Crippen LogP contribution in [0.2, 0.25) is 10.0 Å². The molecule has 0 saturated carbocycles. The first-order valence-electron chi connectivity index (χ1n) is 10.8. The lowest BCUT2D eigenvalue weighted by Crippen LogP contribution is -2.31. The van der Waals surface area contributed by atoms with E-state index in [1.165, 1.54) is 16.7 Å². The number of amides is 2. The molecule has 1 saturated heterocycles. The van der Waals surface area contributed by atoms with Crippen LogP contribution in [-0.4, -0.2) is 17.1 Å². The molecule has 0 aliphatic carbocycles. The van der Waals surface area contributed by atoms with Crippen LogP contribution in [0.1, 0.15) is 16.7 Å². The zero-order valence-electron chi connectivity index (χ0n) is 19.0. The molecule has 4 rings (SSSR count). The fourth-order valence-corrected chi connectivity index (χ4v) is 5.43. The molecular weight excluding hydrogens is 501 g/mol. The minimum Gasteiger partial charge on any atom is -0.321 e. The van der Waals surface area contributed by atoms with E-state index in [2.05, 4.69) is 5.32 Å². The predicted molar refractivity (Wildman–Crippen MR) is 143 cm³/mol. The van der Waals surface area contributed by atoms with Gasteiger partial charge < -0.3 is 5.32 Å². The molecule has 1 aliphatic heterocycles. The van der Waals surface area contributed by atoms with Crippen molar-refractivity contribution in [2.75, 3.05) is 10.2 Å². The number of nitriles is 1. The van der Waals surface area contributed by atoms with Crippen molar-refractivity contribution in [2.45, 2.75) is 25.5 Å². The zero-order valence-corrected chi connectivity index (χ0v) is 21.3. The third-order valence-electron chi connectivity index (χ3n) is 5.58. The standard InChI is InChI=1S/C27H21Cl2N3O2S/c1-16-7-10-20(11-8-16)31-25(33)21(15-30)27-32(23-6-4-3-5-17(23)2)26(34)24(35-27)14-18-13-19(28)9-12-22(18)29/h3-13,24H,14H2,1-2H3,(H,31,33)/b27-21-/t24-/m1/s1. The maximum absolute atomic E-state index is 13.7. The number of hydrogen-bond acceptors (Lipinski definition) is 4. The second-order valence-corrected chi connectivity index (χ2v) is 10.2. The third-order valence-corrected chi connectivity index (χ3v) is 7.45. The number of carbonyl (C=O) groups is 2. The van der Waals surface area contributed by atoms with E-state index < -0.39 is 11.2 Å². The van der Waals surface area contributed by atoms with Crippen LogP contribution in [-0.2, 0) is 16.0 Å². The van der Waals surface area contributed by atoms with Gasteiger partial charge in [0.25, 0.3) is 5.91 Å². The molecule has 176 valence electrons. The summed E-state index contributed by atoms with van der Waals surface area (Å²) in [5.41, 5.74) is 3.66. The summed E-state index contributed by atoms with van der Waals surface area (Å²) in [7, 11) is 0. The molecule has 35 heavy (non-hydrogen) atoms. The second kappa shape index (κ2) is 10.6. The smallest absolute Gasteiger partial charge is 0.269 e. The van der Waals surface area contributed by atoms with E-state index in [1.54, 1.807) is 36.4 Å². The molecule has 3 aromatic rings. The number of benzene rings is 3. The quantitative estimate of drug-likeness (QED) is 0.300. The number of nitrogens with zero attached hydrogens (tertiary/aromatic N) is 2. The van der Waals surface area contributed by atoms with Crippen molar-refractivity contribution < 1.29 is 9.59 Å². The summed E-state index contributed by atoms with van der Waals surface area (Å²) in [6, 6.07) is 21.8. The maximum atomic E-state index is 13.7. The summed E-state index contributed by atoms with van der Waals surface area (Å²) in [6.45, 7) is 3.83. The van der Waals surface area contributed by atoms with Crippen molar-refractivity contribution in [3.05, 3.63) is 104 Å².